The number of hydrogen-bond acceptors (Lipinski definition) is 2. The van der Waals surface area contributed by atoms with Gasteiger partial charge in [0, 0.05) is 0 Å². The lowest BCUT2D eigenvalue weighted by Crippen LogP contribution is -2.10. The molecule has 0 unspecified atom stereocenters. The predicted molar refractivity (Wildman–Crippen MR) is 38.6 cm³/mol. The van der Waals surface area contributed by atoms with E-state index in [1.165, 1.54) is 0 Å². The lowest BCUT2D eigenvalue weighted by molar-refractivity contribution is 0.108. The summed E-state index contributed by atoms with van der Waals surface area (Å²) < 4.78 is 24.5. The van der Waals surface area contributed by atoms with Crippen LogP contribution in [0.1, 0.15) is 10.5 Å². The molecule has 3 nitrogen and oxygen atoms in total. The van der Waals surface area contributed by atoms with E-state index in [2.05, 4.69) is 5.10 Å². The summed E-state index contributed by atoms with van der Waals surface area (Å²) in [6.07, 6.45) is -0.981. The molecule has 0 bridgehead atoms. The van der Waals surface area contributed by atoms with Gasteiger partial charge < -0.3 is 0 Å². The average molecular weight is 195 g/mol. The van der Waals surface area contributed by atoms with Crippen LogP contribution in [-0.2, 0) is 6.54 Å². The summed E-state index contributed by atoms with van der Waals surface area (Å²) in [6, 6.07) is 0. The maximum atomic E-state index is 11.8. The molecule has 0 aliphatic heterocycles. The Balaban J connectivity index is 2.91. The third kappa shape index (κ3) is 1.79. The van der Waals surface area contributed by atoms with Crippen LogP contribution in [-0.4, -0.2) is 22.5 Å². The predicted octanol–water partition coefficient (Wildman–Crippen LogP) is 1.61. The molecule has 0 aromatic carbocycles. The Morgan fingerprint density at radius 2 is 2.42 bits per heavy atom. The molecule has 0 aliphatic carbocycles. The summed E-state index contributed by atoms with van der Waals surface area (Å²) in [5.41, 5.74) is -0.0167. The number of rotatable bonds is 3. The first-order valence-electron chi connectivity index (χ1n) is 3.09. The zero-order valence-electron chi connectivity index (χ0n) is 5.88. The van der Waals surface area contributed by atoms with Crippen LogP contribution in [0.4, 0.5) is 8.78 Å². The van der Waals surface area contributed by atoms with E-state index in [4.69, 9.17) is 11.6 Å². The summed E-state index contributed by atoms with van der Waals surface area (Å²) in [5.74, 6) is 0. The topological polar surface area (TPSA) is 34.9 Å². The van der Waals surface area contributed by atoms with Crippen LogP contribution in [0, 0.1) is 0 Å². The minimum atomic E-state index is -2.54. The van der Waals surface area contributed by atoms with Crippen molar-refractivity contribution in [3.63, 3.8) is 0 Å². The molecule has 6 heteroatoms. The van der Waals surface area contributed by atoms with Gasteiger partial charge in [0.1, 0.15) is 12.2 Å². The third-order valence-electron chi connectivity index (χ3n) is 1.26. The molecule has 1 rings (SSSR count). The minimum absolute atomic E-state index is 0.0167. The average Bonchev–Trinajstić information content (AvgIpc) is 2.30. The normalized spacial score (nSPS) is 10.7. The Bertz CT molecular complexity index is 287. The van der Waals surface area contributed by atoms with E-state index in [0.29, 0.717) is 6.29 Å². The van der Waals surface area contributed by atoms with Crippen LogP contribution < -0.4 is 0 Å². The zero-order valence-corrected chi connectivity index (χ0v) is 6.63. The summed E-state index contributed by atoms with van der Waals surface area (Å²) in [4.78, 5) is 10.3. The van der Waals surface area contributed by atoms with Crippen LogP contribution in [0.3, 0.4) is 0 Å². The fourth-order valence-corrected chi connectivity index (χ4v) is 0.951. The molecule has 66 valence electrons. The molecule has 0 aliphatic rings. The molecule has 1 aromatic heterocycles. The highest BCUT2D eigenvalue weighted by Gasteiger charge is 2.11. The standard InChI is InChI=1S/C6H5ClF2N2O/c7-4-1-10-11(2-6(8)9)5(4)3-12/h1,3,6H,2H2. The Kier molecular flexibility index (Phi) is 2.75. The molecule has 0 N–H and O–H groups in total. The molecule has 1 heterocycles. The summed E-state index contributed by atoms with van der Waals surface area (Å²) in [7, 11) is 0. The van der Waals surface area contributed by atoms with Crippen LogP contribution >= 0.6 is 11.6 Å². The first-order valence-corrected chi connectivity index (χ1v) is 3.47. The first kappa shape index (κ1) is 9.12. The molecule has 0 atom stereocenters. The van der Waals surface area contributed by atoms with Crippen LogP contribution in [0.15, 0.2) is 6.20 Å². The highest BCUT2D eigenvalue weighted by atomic mass is 35.5. The van der Waals surface area contributed by atoms with E-state index in [0.717, 1.165) is 10.9 Å². The fraction of sp³-hybridized carbons (Fsp3) is 0.333. The second kappa shape index (κ2) is 3.62. The van der Waals surface area contributed by atoms with Crippen molar-refractivity contribution in [2.45, 2.75) is 13.0 Å². The second-order valence-electron chi connectivity index (χ2n) is 2.07. The van der Waals surface area contributed by atoms with E-state index in [1.54, 1.807) is 0 Å². The van der Waals surface area contributed by atoms with Crippen molar-refractivity contribution in [3.8, 4) is 0 Å². The lowest BCUT2D eigenvalue weighted by atomic mass is 10.4. The van der Waals surface area contributed by atoms with Gasteiger partial charge in [-0.15, -0.1) is 0 Å². The largest absolute Gasteiger partial charge is 0.296 e. The van der Waals surface area contributed by atoms with E-state index >= 15 is 0 Å². The minimum Gasteiger partial charge on any atom is -0.296 e. The molecule has 0 saturated carbocycles. The molecular weight excluding hydrogens is 190 g/mol. The monoisotopic (exact) mass is 194 g/mol. The molecular formula is C6H5ClF2N2O. The lowest BCUT2D eigenvalue weighted by Gasteiger charge is -2.00. The van der Waals surface area contributed by atoms with Crippen LogP contribution in [0.25, 0.3) is 0 Å². The Hall–Kier alpha value is -0.970. The Labute approximate surface area is 71.9 Å². The number of halogens is 3. The van der Waals surface area contributed by atoms with Crippen molar-refractivity contribution in [1.29, 1.82) is 0 Å². The number of alkyl halides is 2. The van der Waals surface area contributed by atoms with Gasteiger partial charge in [-0.1, -0.05) is 11.6 Å². The molecule has 0 amide bonds. The quantitative estimate of drug-likeness (QED) is 0.686. The van der Waals surface area contributed by atoms with E-state index in [9.17, 15) is 13.6 Å². The van der Waals surface area contributed by atoms with Crippen molar-refractivity contribution in [2.75, 3.05) is 0 Å². The maximum absolute atomic E-state index is 11.8. The van der Waals surface area contributed by atoms with Crippen molar-refractivity contribution in [3.05, 3.63) is 16.9 Å². The van der Waals surface area contributed by atoms with Gasteiger partial charge in [-0.3, -0.25) is 9.48 Å². The van der Waals surface area contributed by atoms with Gasteiger partial charge in [0.25, 0.3) is 6.43 Å². The van der Waals surface area contributed by atoms with E-state index in [-0.39, 0.29) is 10.7 Å². The second-order valence-corrected chi connectivity index (χ2v) is 2.48. The highest BCUT2D eigenvalue weighted by Crippen LogP contribution is 2.13. The summed E-state index contributed by atoms with van der Waals surface area (Å²) >= 11 is 5.47. The van der Waals surface area contributed by atoms with Crippen molar-refractivity contribution < 1.29 is 13.6 Å². The zero-order chi connectivity index (χ0) is 9.14. The highest BCUT2D eigenvalue weighted by molar-refractivity contribution is 6.32. The maximum Gasteiger partial charge on any atom is 0.257 e. The summed E-state index contributed by atoms with van der Waals surface area (Å²) in [5, 5.41) is 3.59. The number of aromatic nitrogens is 2. The number of carbonyl (C=O) groups excluding carboxylic acids is 1. The van der Waals surface area contributed by atoms with Gasteiger partial charge in [0.05, 0.1) is 11.2 Å². The number of aldehydes is 1. The van der Waals surface area contributed by atoms with Gasteiger partial charge in [0.15, 0.2) is 6.29 Å². The van der Waals surface area contributed by atoms with Crippen molar-refractivity contribution in [2.24, 2.45) is 0 Å². The molecule has 0 fully saturated rings. The molecule has 0 spiro atoms. The molecule has 1 aromatic rings. The Morgan fingerprint density at radius 3 is 2.92 bits per heavy atom. The number of hydrogen-bond donors (Lipinski definition) is 0. The molecule has 0 saturated heterocycles. The Morgan fingerprint density at radius 1 is 1.75 bits per heavy atom. The van der Waals surface area contributed by atoms with Gasteiger partial charge in [-0.2, -0.15) is 5.10 Å². The fourth-order valence-electron chi connectivity index (χ4n) is 0.765. The van der Waals surface area contributed by atoms with E-state index < -0.39 is 13.0 Å². The number of carbonyl (C=O) groups is 1. The third-order valence-corrected chi connectivity index (χ3v) is 1.55. The smallest absolute Gasteiger partial charge is 0.257 e. The number of nitrogens with zero attached hydrogens (tertiary/aromatic N) is 2. The van der Waals surface area contributed by atoms with Gasteiger partial charge in [-0.05, 0) is 0 Å². The molecule has 12 heavy (non-hydrogen) atoms. The SMILES string of the molecule is O=Cc1c(Cl)cnn1CC(F)F. The van der Waals surface area contributed by atoms with Crippen LogP contribution in [0.2, 0.25) is 5.02 Å². The first-order chi connectivity index (χ1) is 5.65. The molecule has 0 radical (unpaired) electrons. The van der Waals surface area contributed by atoms with Crippen molar-refractivity contribution >= 4 is 17.9 Å². The van der Waals surface area contributed by atoms with Crippen LogP contribution in [0.5, 0.6) is 0 Å². The van der Waals surface area contributed by atoms with Crippen molar-refractivity contribution in [1.82, 2.24) is 9.78 Å². The summed E-state index contributed by atoms with van der Waals surface area (Å²) in [6.45, 7) is -0.610. The van der Waals surface area contributed by atoms with Gasteiger partial charge in [-0.25, -0.2) is 8.78 Å². The van der Waals surface area contributed by atoms with Gasteiger partial charge in [0.2, 0.25) is 0 Å². The van der Waals surface area contributed by atoms with E-state index in [1.807, 2.05) is 0 Å². The van der Waals surface area contributed by atoms with Gasteiger partial charge >= 0.3 is 0 Å².